The number of hydrogen-bond donors (Lipinski definition) is 2. The highest BCUT2D eigenvalue weighted by Gasteiger charge is 2.28. The minimum absolute atomic E-state index is 0.0493. The second-order valence-corrected chi connectivity index (χ2v) is 5.90. The number of hydrogen-bond acceptors (Lipinski definition) is 5. The molecule has 1 unspecified atom stereocenters. The quantitative estimate of drug-likeness (QED) is 0.864. The summed E-state index contributed by atoms with van der Waals surface area (Å²) in [5, 5.41) is 6.79. The van der Waals surface area contributed by atoms with E-state index in [0.717, 1.165) is 24.2 Å². The van der Waals surface area contributed by atoms with Crippen LogP contribution in [-0.4, -0.2) is 50.0 Å². The normalized spacial score (nSPS) is 17.7. The second kappa shape index (κ2) is 6.77. The van der Waals surface area contributed by atoms with E-state index in [9.17, 15) is 9.59 Å². The lowest BCUT2D eigenvalue weighted by Gasteiger charge is -2.32. The number of nitrogens with one attached hydrogen (secondary N) is 1. The summed E-state index contributed by atoms with van der Waals surface area (Å²) in [5.41, 5.74) is 7.61. The van der Waals surface area contributed by atoms with Crippen LogP contribution in [0, 0.1) is 0 Å². The van der Waals surface area contributed by atoms with Gasteiger partial charge in [-0.25, -0.2) is 9.97 Å². The zero-order valence-corrected chi connectivity index (χ0v) is 13.5. The zero-order chi connectivity index (χ0) is 17.1. The van der Waals surface area contributed by atoms with Gasteiger partial charge in [-0.15, -0.1) is 0 Å². The zero-order valence-electron chi connectivity index (χ0n) is 13.5. The van der Waals surface area contributed by atoms with Gasteiger partial charge in [-0.3, -0.25) is 14.7 Å². The first-order chi connectivity index (χ1) is 11.6. The predicted octanol–water partition coefficient (Wildman–Crippen LogP) is 0.881. The van der Waals surface area contributed by atoms with E-state index in [0.29, 0.717) is 25.1 Å². The Morgan fingerprint density at radius 2 is 2.29 bits per heavy atom. The number of H-pyrrole nitrogens is 1. The van der Waals surface area contributed by atoms with Gasteiger partial charge in [0.25, 0.3) is 11.8 Å². The fourth-order valence-corrected chi connectivity index (χ4v) is 3.07. The predicted molar refractivity (Wildman–Crippen MR) is 86.4 cm³/mol. The first-order valence-electron chi connectivity index (χ1n) is 8.03. The fraction of sp³-hybridized carbons (Fsp3) is 0.438. The van der Waals surface area contributed by atoms with Crippen LogP contribution >= 0.6 is 0 Å². The molecule has 8 heteroatoms. The average molecular weight is 328 g/mol. The van der Waals surface area contributed by atoms with E-state index in [1.165, 1.54) is 6.33 Å². The Balaban J connectivity index is 1.77. The van der Waals surface area contributed by atoms with Crippen LogP contribution in [0.1, 0.15) is 57.9 Å². The van der Waals surface area contributed by atoms with Crippen molar-refractivity contribution in [1.82, 2.24) is 25.1 Å². The summed E-state index contributed by atoms with van der Waals surface area (Å²) in [6.07, 6.45) is 5.54. The number of carbonyl (C=O) groups is 2. The molecule has 1 aliphatic rings. The van der Waals surface area contributed by atoms with E-state index in [1.54, 1.807) is 12.3 Å². The number of likely N-dealkylation sites (tertiary alicyclic amines) is 1. The molecule has 0 aliphatic carbocycles. The highest BCUT2D eigenvalue weighted by molar-refractivity contribution is 5.95. The number of carbonyl (C=O) groups excluding carboxylic acids is 2. The summed E-state index contributed by atoms with van der Waals surface area (Å²) in [4.78, 5) is 34.0. The first-order valence-corrected chi connectivity index (χ1v) is 8.03. The van der Waals surface area contributed by atoms with Crippen molar-refractivity contribution in [2.24, 2.45) is 5.73 Å². The summed E-state index contributed by atoms with van der Waals surface area (Å²) < 4.78 is 0. The van der Waals surface area contributed by atoms with Gasteiger partial charge in [0, 0.05) is 30.9 Å². The maximum Gasteiger partial charge on any atom is 0.269 e. The van der Waals surface area contributed by atoms with E-state index in [4.69, 9.17) is 5.73 Å². The number of rotatable bonds is 4. The molecule has 0 saturated carbocycles. The van der Waals surface area contributed by atoms with Crippen molar-refractivity contribution in [3.63, 3.8) is 0 Å². The van der Waals surface area contributed by atoms with Crippen molar-refractivity contribution in [2.75, 3.05) is 13.1 Å². The van der Waals surface area contributed by atoms with E-state index >= 15 is 0 Å². The third-order valence-corrected chi connectivity index (χ3v) is 4.36. The monoisotopic (exact) mass is 328 g/mol. The third kappa shape index (κ3) is 3.12. The molecule has 126 valence electrons. The molecule has 1 saturated heterocycles. The lowest BCUT2D eigenvalue weighted by molar-refractivity contribution is 0.0703. The molecule has 2 aromatic rings. The molecule has 1 aliphatic heterocycles. The van der Waals surface area contributed by atoms with Crippen molar-refractivity contribution in [3.05, 3.63) is 41.2 Å². The number of aryl methyl sites for hydroxylation is 1. The molecule has 1 atom stereocenters. The number of primary amides is 1. The van der Waals surface area contributed by atoms with Crippen molar-refractivity contribution in [1.29, 1.82) is 0 Å². The van der Waals surface area contributed by atoms with Gasteiger partial charge in [0.1, 0.15) is 12.0 Å². The number of aromatic amines is 1. The van der Waals surface area contributed by atoms with E-state index in [-0.39, 0.29) is 17.5 Å². The van der Waals surface area contributed by atoms with Gasteiger partial charge in [-0.1, -0.05) is 6.92 Å². The van der Waals surface area contributed by atoms with Crippen molar-refractivity contribution < 1.29 is 9.59 Å². The Bertz CT molecular complexity index is 757. The minimum Gasteiger partial charge on any atom is -0.364 e. The van der Waals surface area contributed by atoms with Crippen molar-refractivity contribution >= 4 is 11.8 Å². The van der Waals surface area contributed by atoms with Gasteiger partial charge in [-0.2, -0.15) is 5.10 Å². The summed E-state index contributed by atoms with van der Waals surface area (Å²) in [6.45, 7) is 3.23. The van der Waals surface area contributed by atoms with E-state index in [1.807, 2.05) is 11.8 Å². The molecule has 1 fully saturated rings. The standard InChI is InChI=1S/C16H20N6O2/c1-2-12-11(7-18-9-19-12)16(24)22-5-3-4-10(8-22)13-6-14(15(17)23)21-20-13/h6-7,9-10H,2-5,8H2,1H3,(H2,17,23)(H,20,21). The smallest absolute Gasteiger partial charge is 0.269 e. The Morgan fingerprint density at radius 3 is 3.00 bits per heavy atom. The third-order valence-electron chi connectivity index (χ3n) is 4.36. The van der Waals surface area contributed by atoms with Gasteiger partial charge in [-0.05, 0) is 25.3 Å². The van der Waals surface area contributed by atoms with Crippen molar-refractivity contribution in [2.45, 2.75) is 32.1 Å². The first kappa shape index (κ1) is 16.1. The van der Waals surface area contributed by atoms with Gasteiger partial charge in [0.15, 0.2) is 0 Å². The molecule has 24 heavy (non-hydrogen) atoms. The van der Waals surface area contributed by atoms with Gasteiger partial charge in [0.2, 0.25) is 0 Å². The number of aromatic nitrogens is 4. The number of amides is 2. The summed E-state index contributed by atoms with van der Waals surface area (Å²) in [7, 11) is 0. The molecule has 3 N–H and O–H groups in total. The minimum atomic E-state index is -0.560. The Morgan fingerprint density at radius 1 is 1.46 bits per heavy atom. The lowest BCUT2D eigenvalue weighted by atomic mass is 9.94. The molecule has 8 nitrogen and oxygen atoms in total. The summed E-state index contributed by atoms with van der Waals surface area (Å²) >= 11 is 0. The molecule has 3 heterocycles. The Labute approximate surface area is 139 Å². The van der Waals surface area contributed by atoms with Crippen LogP contribution < -0.4 is 5.73 Å². The van der Waals surface area contributed by atoms with Gasteiger partial charge < -0.3 is 10.6 Å². The molecule has 2 aromatic heterocycles. The highest BCUT2D eigenvalue weighted by atomic mass is 16.2. The summed E-state index contributed by atoms with van der Waals surface area (Å²) in [5.74, 6) is -0.500. The second-order valence-electron chi connectivity index (χ2n) is 5.90. The van der Waals surface area contributed by atoms with Gasteiger partial charge >= 0.3 is 0 Å². The highest BCUT2D eigenvalue weighted by Crippen LogP contribution is 2.27. The Hall–Kier alpha value is -2.77. The average Bonchev–Trinajstić information content (AvgIpc) is 3.11. The molecule has 0 aromatic carbocycles. The molecule has 0 bridgehead atoms. The number of nitrogens with zero attached hydrogens (tertiary/aromatic N) is 4. The Kier molecular flexibility index (Phi) is 4.54. The molecule has 0 radical (unpaired) electrons. The number of nitrogens with two attached hydrogens (primary N) is 1. The van der Waals surface area contributed by atoms with Gasteiger partial charge in [0.05, 0.1) is 11.3 Å². The molecular weight excluding hydrogens is 308 g/mol. The summed E-state index contributed by atoms with van der Waals surface area (Å²) in [6, 6.07) is 1.67. The molecular formula is C16H20N6O2. The molecule has 2 amide bonds. The van der Waals surface area contributed by atoms with Crippen LogP contribution in [0.5, 0.6) is 0 Å². The number of piperidine rings is 1. The van der Waals surface area contributed by atoms with Crippen LogP contribution in [0.25, 0.3) is 0 Å². The van der Waals surface area contributed by atoms with E-state index in [2.05, 4.69) is 20.2 Å². The maximum absolute atomic E-state index is 12.8. The van der Waals surface area contributed by atoms with E-state index < -0.39 is 5.91 Å². The fourth-order valence-electron chi connectivity index (χ4n) is 3.07. The largest absolute Gasteiger partial charge is 0.364 e. The SMILES string of the molecule is CCc1ncncc1C(=O)N1CCCC(c2cc(C(N)=O)n[nH]2)C1. The van der Waals surface area contributed by atoms with Crippen LogP contribution in [-0.2, 0) is 6.42 Å². The van der Waals surface area contributed by atoms with Crippen LogP contribution in [0.2, 0.25) is 0 Å². The lowest BCUT2D eigenvalue weighted by Crippen LogP contribution is -2.39. The maximum atomic E-state index is 12.8. The van der Waals surface area contributed by atoms with Crippen LogP contribution in [0.15, 0.2) is 18.6 Å². The topological polar surface area (TPSA) is 118 Å². The molecule has 3 rings (SSSR count). The van der Waals surface area contributed by atoms with Crippen LogP contribution in [0.3, 0.4) is 0 Å². The van der Waals surface area contributed by atoms with Crippen molar-refractivity contribution in [3.8, 4) is 0 Å². The van der Waals surface area contributed by atoms with Crippen LogP contribution in [0.4, 0.5) is 0 Å². The molecule has 0 spiro atoms.